The highest BCUT2D eigenvalue weighted by atomic mass is 16.6. The molecule has 0 aliphatic carbocycles. The number of carbonyl (C=O) groups is 3. The molecule has 0 saturated heterocycles. The predicted octanol–water partition coefficient (Wildman–Crippen LogP) is 18.2. The zero-order chi connectivity index (χ0) is 47.2. The van der Waals surface area contributed by atoms with E-state index in [1.807, 2.05) is 0 Å². The molecule has 0 bridgehead atoms. The molecule has 0 aromatic rings. The first-order valence-electron chi connectivity index (χ1n) is 27.4. The van der Waals surface area contributed by atoms with Crippen molar-refractivity contribution >= 4 is 17.9 Å². The molecule has 0 radical (unpaired) electrons. The third kappa shape index (κ3) is 51.7. The van der Waals surface area contributed by atoms with Crippen LogP contribution >= 0.6 is 0 Å². The van der Waals surface area contributed by atoms with Gasteiger partial charge in [0.15, 0.2) is 6.10 Å². The molecule has 0 N–H and O–H groups in total. The van der Waals surface area contributed by atoms with E-state index >= 15 is 0 Å². The average molecular weight is 907 g/mol. The predicted molar refractivity (Wildman–Crippen MR) is 279 cm³/mol. The molecule has 65 heavy (non-hydrogen) atoms. The lowest BCUT2D eigenvalue weighted by Crippen LogP contribution is -2.30. The van der Waals surface area contributed by atoms with Crippen molar-refractivity contribution in [2.75, 3.05) is 13.2 Å². The fourth-order valence-electron chi connectivity index (χ4n) is 7.58. The minimum Gasteiger partial charge on any atom is -0.462 e. The van der Waals surface area contributed by atoms with Gasteiger partial charge in [-0.05, 0) is 89.9 Å². The van der Waals surface area contributed by atoms with E-state index in [1.165, 1.54) is 103 Å². The smallest absolute Gasteiger partial charge is 0.306 e. The summed E-state index contributed by atoms with van der Waals surface area (Å²) in [6, 6.07) is 0. The largest absolute Gasteiger partial charge is 0.462 e. The minimum atomic E-state index is -0.792. The molecular formula is C59H102O6. The van der Waals surface area contributed by atoms with Gasteiger partial charge in [-0.3, -0.25) is 14.4 Å². The first kappa shape index (κ1) is 61.9. The van der Waals surface area contributed by atoms with Crippen LogP contribution < -0.4 is 0 Å². The van der Waals surface area contributed by atoms with E-state index in [9.17, 15) is 14.4 Å². The van der Waals surface area contributed by atoms with Crippen molar-refractivity contribution in [3.8, 4) is 0 Å². The highest BCUT2D eigenvalue weighted by Crippen LogP contribution is 2.15. The Hall–Kier alpha value is -3.15. The van der Waals surface area contributed by atoms with Gasteiger partial charge < -0.3 is 14.2 Å². The fraction of sp³-hybridized carbons (Fsp3) is 0.746. The number of allylic oxidation sites excluding steroid dienone is 12. The second-order valence-electron chi connectivity index (χ2n) is 18.1. The van der Waals surface area contributed by atoms with E-state index in [1.54, 1.807) is 0 Å². The summed E-state index contributed by atoms with van der Waals surface area (Å²) in [5, 5.41) is 0. The summed E-state index contributed by atoms with van der Waals surface area (Å²) in [6.07, 6.45) is 67.4. The molecule has 0 spiro atoms. The van der Waals surface area contributed by atoms with Gasteiger partial charge in [0, 0.05) is 19.3 Å². The fourth-order valence-corrected chi connectivity index (χ4v) is 7.58. The standard InChI is InChI=1S/C59H102O6/c1-4-7-10-13-16-19-22-25-28-29-32-34-37-40-43-46-49-52-58(61)64-55-56(65-59(62)53-50-47-44-41-38-35-31-27-24-21-18-15-12-9-6-3)54-63-57(60)51-48-45-42-39-36-33-30-26-23-20-17-14-11-8-5-2/h9,12,16,18-19,21,25,27-28,31-32,34,56H,4-8,10-11,13-15,17,20,22-24,26,29-30,33,35-55H2,1-3H3/b12-9+,19-16+,21-18+,28-25+,31-27+,34-32+/t56-/m1/s1. The number of esters is 3. The summed E-state index contributed by atoms with van der Waals surface area (Å²) in [6.45, 7) is 6.48. The van der Waals surface area contributed by atoms with Crippen LogP contribution in [-0.2, 0) is 28.6 Å². The van der Waals surface area contributed by atoms with Crippen molar-refractivity contribution < 1.29 is 28.6 Å². The van der Waals surface area contributed by atoms with Gasteiger partial charge >= 0.3 is 17.9 Å². The van der Waals surface area contributed by atoms with Crippen LogP contribution in [0, 0.1) is 0 Å². The van der Waals surface area contributed by atoms with Crippen LogP contribution in [0.1, 0.15) is 265 Å². The van der Waals surface area contributed by atoms with Gasteiger partial charge in [-0.15, -0.1) is 0 Å². The van der Waals surface area contributed by atoms with E-state index in [0.717, 1.165) is 122 Å². The normalized spacial score (nSPS) is 12.6. The van der Waals surface area contributed by atoms with Crippen LogP contribution in [0.15, 0.2) is 72.9 Å². The van der Waals surface area contributed by atoms with Crippen molar-refractivity contribution in [2.24, 2.45) is 0 Å². The zero-order valence-electron chi connectivity index (χ0n) is 42.7. The zero-order valence-corrected chi connectivity index (χ0v) is 42.7. The molecule has 374 valence electrons. The molecule has 1 atom stereocenters. The Morgan fingerprint density at radius 2 is 0.600 bits per heavy atom. The average Bonchev–Trinajstić information content (AvgIpc) is 3.30. The summed E-state index contributed by atoms with van der Waals surface area (Å²) < 4.78 is 16.8. The van der Waals surface area contributed by atoms with Crippen LogP contribution in [-0.4, -0.2) is 37.2 Å². The van der Waals surface area contributed by atoms with Crippen molar-refractivity contribution in [1.82, 2.24) is 0 Å². The van der Waals surface area contributed by atoms with Crippen LogP contribution in [0.25, 0.3) is 0 Å². The Morgan fingerprint density at radius 1 is 0.323 bits per heavy atom. The van der Waals surface area contributed by atoms with Crippen molar-refractivity contribution in [3.63, 3.8) is 0 Å². The third-order valence-corrected chi connectivity index (χ3v) is 11.7. The van der Waals surface area contributed by atoms with Crippen LogP contribution in [0.4, 0.5) is 0 Å². The molecule has 0 rings (SSSR count). The molecule has 0 aromatic carbocycles. The van der Waals surface area contributed by atoms with Gasteiger partial charge in [-0.25, -0.2) is 0 Å². The van der Waals surface area contributed by atoms with Gasteiger partial charge in [0.2, 0.25) is 0 Å². The minimum absolute atomic E-state index is 0.0880. The van der Waals surface area contributed by atoms with Crippen molar-refractivity contribution in [2.45, 2.75) is 271 Å². The van der Waals surface area contributed by atoms with E-state index in [2.05, 4.69) is 93.7 Å². The Bertz CT molecular complexity index is 1230. The Labute approximate surface area is 402 Å². The van der Waals surface area contributed by atoms with Gasteiger partial charge in [0.25, 0.3) is 0 Å². The number of rotatable bonds is 49. The van der Waals surface area contributed by atoms with Gasteiger partial charge in [0.05, 0.1) is 0 Å². The van der Waals surface area contributed by atoms with Crippen molar-refractivity contribution in [1.29, 1.82) is 0 Å². The summed E-state index contributed by atoms with van der Waals surface area (Å²) in [4.78, 5) is 38.1. The lowest BCUT2D eigenvalue weighted by atomic mass is 10.0. The molecule has 0 unspecified atom stereocenters. The number of unbranched alkanes of at least 4 members (excludes halogenated alkanes) is 26. The van der Waals surface area contributed by atoms with E-state index in [0.29, 0.717) is 19.3 Å². The molecule has 0 aromatic heterocycles. The number of carbonyl (C=O) groups excluding carboxylic acids is 3. The SMILES string of the molecule is CC/C=C/C/C=C/C/C=C/CCCCCCCC(=O)O[C@@H](COC(=O)CCCCCC/C=C/C/C=C/C/C=C/CCCCC)COC(=O)CCCCCCCCCCCCCCCCC. The van der Waals surface area contributed by atoms with Gasteiger partial charge in [-0.1, -0.05) is 229 Å². The summed E-state index contributed by atoms with van der Waals surface area (Å²) >= 11 is 0. The summed E-state index contributed by atoms with van der Waals surface area (Å²) in [5.74, 6) is -0.921. The molecule has 0 aliphatic heterocycles. The van der Waals surface area contributed by atoms with Crippen LogP contribution in [0.3, 0.4) is 0 Å². The maximum absolute atomic E-state index is 12.8. The molecule has 6 heteroatoms. The highest BCUT2D eigenvalue weighted by Gasteiger charge is 2.19. The first-order chi connectivity index (χ1) is 32.0. The van der Waals surface area contributed by atoms with Crippen LogP contribution in [0.2, 0.25) is 0 Å². The number of ether oxygens (including phenoxy) is 3. The molecule has 6 nitrogen and oxygen atoms in total. The summed E-state index contributed by atoms with van der Waals surface area (Å²) in [5.41, 5.74) is 0. The lowest BCUT2D eigenvalue weighted by Gasteiger charge is -2.18. The second kappa shape index (κ2) is 53.5. The maximum Gasteiger partial charge on any atom is 0.306 e. The topological polar surface area (TPSA) is 78.9 Å². The maximum atomic E-state index is 12.8. The Morgan fingerprint density at radius 3 is 0.969 bits per heavy atom. The molecule has 0 fully saturated rings. The second-order valence-corrected chi connectivity index (χ2v) is 18.1. The third-order valence-electron chi connectivity index (χ3n) is 11.7. The Balaban J connectivity index is 4.44. The van der Waals surface area contributed by atoms with Gasteiger partial charge in [0.1, 0.15) is 13.2 Å². The lowest BCUT2D eigenvalue weighted by molar-refractivity contribution is -0.167. The van der Waals surface area contributed by atoms with E-state index < -0.39 is 6.10 Å². The summed E-state index contributed by atoms with van der Waals surface area (Å²) in [7, 11) is 0. The quantitative estimate of drug-likeness (QED) is 0.0262. The van der Waals surface area contributed by atoms with E-state index in [-0.39, 0.29) is 31.1 Å². The van der Waals surface area contributed by atoms with Crippen molar-refractivity contribution in [3.05, 3.63) is 72.9 Å². The highest BCUT2D eigenvalue weighted by molar-refractivity contribution is 5.71. The molecule has 0 amide bonds. The molecule has 0 heterocycles. The number of hydrogen-bond acceptors (Lipinski definition) is 6. The first-order valence-corrected chi connectivity index (χ1v) is 27.4. The van der Waals surface area contributed by atoms with Crippen LogP contribution in [0.5, 0.6) is 0 Å². The van der Waals surface area contributed by atoms with E-state index in [4.69, 9.17) is 14.2 Å². The monoisotopic (exact) mass is 907 g/mol. The van der Waals surface area contributed by atoms with Gasteiger partial charge in [-0.2, -0.15) is 0 Å². The molecule has 0 aliphatic rings. The molecular weight excluding hydrogens is 805 g/mol. The number of hydrogen-bond donors (Lipinski definition) is 0. The molecule has 0 saturated carbocycles. The Kier molecular flexibility index (Phi) is 50.9.